The Morgan fingerprint density at radius 3 is 2.06 bits per heavy atom. The monoisotopic (exact) mass is 438 g/mol. The van der Waals surface area contributed by atoms with Crippen LogP contribution in [0.3, 0.4) is 0 Å². The van der Waals surface area contributed by atoms with E-state index in [4.69, 9.17) is 11.6 Å². The van der Waals surface area contributed by atoms with Gasteiger partial charge in [0.15, 0.2) is 0 Å². The minimum absolute atomic E-state index is 0.235. The van der Waals surface area contributed by atoms with Crippen molar-refractivity contribution in [2.24, 2.45) is 0 Å². The van der Waals surface area contributed by atoms with Gasteiger partial charge in [-0.1, -0.05) is 23.7 Å². The van der Waals surface area contributed by atoms with Gasteiger partial charge in [-0.05, 0) is 62.9 Å². The molecule has 7 heteroatoms. The predicted octanol–water partition coefficient (Wildman–Crippen LogP) is 3.69. The maximum Gasteiger partial charge on any atom is 0.278 e. The average Bonchev–Trinajstić information content (AvgIpc) is 2.99. The van der Waals surface area contributed by atoms with Crippen molar-refractivity contribution in [1.29, 1.82) is 0 Å². The van der Waals surface area contributed by atoms with E-state index in [0.717, 1.165) is 37.6 Å². The van der Waals surface area contributed by atoms with Crippen LogP contribution in [-0.4, -0.2) is 60.9 Å². The molecule has 0 spiro atoms. The van der Waals surface area contributed by atoms with Crippen LogP contribution in [0.4, 0.5) is 11.4 Å². The molecule has 1 saturated heterocycles. The van der Waals surface area contributed by atoms with E-state index in [1.54, 1.807) is 24.3 Å². The summed E-state index contributed by atoms with van der Waals surface area (Å²) < 4.78 is 0. The van der Waals surface area contributed by atoms with Crippen LogP contribution < -0.4 is 10.2 Å². The van der Waals surface area contributed by atoms with Gasteiger partial charge in [0.2, 0.25) is 0 Å². The van der Waals surface area contributed by atoms with Crippen molar-refractivity contribution in [2.75, 3.05) is 43.4 Å². The number of hydrogen-bond acceptors (Lipinski definition) is 5. The lowest BCUT2D eigenvalue weighted by Gasteiger charge is -2.34. The van der Waals surface area contributed by atoms with Crippen molar-refractivity contribution in [1.82, 2.24) is 9.80 Å². The van der Waals surface area contributed by atoms with Crippen LogP contribution in [0.25, 0.3) is 5.57 Å². The van der Waals surface area contributed by atoms with Crippen LogP contribution in [-0.2, 0) is 9.59 Å². The summed E-state index contributed by atoms with van der Waals surface area (Å²) in [5, 5.41) is 3.79. The Morgan fingerprint density at radius 1 is 0.871 bits per heavy atom. The number of rotatable bonds is 5. The first kappa shape index (κ1) is 21.4. The molecule has 2 aromatic rings. The smallest absolute Gasteiger partial charge is 0.278 e. The van der Waals surface area contributed by atoms with Gasteiger partial charge in [-0.15, -0.1) is 0 Å². The van der Waals surface area contributed by atoms with Crippen molar-refractivity contribution in [3.63, 3.8) is 0 Å². The normalized spacial score (nSPS) is 17.8. The lowest BCUT2D eigenvalue weighted by molar-refractivity contribution is -0.138. The minimum Gasteiger partial charge on any atom is -0.369 e. The Balaban J connectivity index is 1.62. The van der Waals surface area contributed by atoms with Crippen LogP contribution in [0.1, 0.15) is 19.4 Å². The summed E-state index contributed by atoms with van der Waals surface area (Å²) in [6.07, 6.45) is 0. The van der Waals surface area contributed by atoms with Gasteiger partial charge in [-0.25, -0.2) is 0 Å². The third-order valence-electron chi connectivity index (χ3n) is 5.77. The molecule has 2 heterocycles. The van der Waals surface area contributed by atoms with Crippen LogP contribution in [0.2, 0.25) is 5.02 Å². The van der Waals surface area contributed by atoms with Gasteiger partial charge in [0, 0.05) is 48.6 Å². The SMILES string of the molecule is CC(C)N1C(=O)C(Nc2ccc(N3CCN(C)CC3)cc2)=C(c2ccc(Cl)cc2)C1=O. The Labute approximate surface area is 188 Å². The van der Waals surface area contributed by atoms with E-state index in [9.17, 15) is 9.59 Å². The quantitative estimate of drug-likeness (QED) is 0.721. The maximum atomic E-state index is 13.1. The fourth-order valence-electron chi connectivity index (χ4n) is 3.98. The number of piperazine rings is 1. The van der Waals surface area contributed by atoms with Gasteiger partial charge in [-0.3, -0.25) is 14.5 Å². The molecule has 2 aliphatic heterocycles. The lowest BCUT2D eigenvalue weighted by atomic mass is 10.0. The predicted molar refractivity (Wildman–Crippen MR) is 125 cm³/mol. The van der Waals surface area contributed by atoms with E-state index < -0.39 is 0 Å². The molecule has 0 radical (unpaired) electrons. The molecule has 0 aliphatic carbocycles. The number of anilines is 2. The average molecular weight is 439 g/mol. The molecule has 0 unspecified atom stereocenters. The van der Waals surface area contributed by atoms with Crippen molar-refractivity contribution in [3.8, 4) is 0 Å². The van der Waals surface area contributed by atoms with Gasteiger partial charge in [0.25, 0.3) is 11.8 Å². The molecule has 0 atom stereocenters. The minimum atomic E-state index is -0.312. The molecule has 162 valence electrons. The highest BCUT2D eigenvalue weighted by Crippen LogP contribution is 2.32. The molecule has 1 fully saturated rings. The number of halogens is 1. The second kappa shape index (κ2) is 8.73. The first-order valence-corrected chi connectivity index (χ1v) is 10.9. The topological polar surface area (TPSA) is 55.9 Å². The van der Waals surface area contributed by atoms with Gasteiger partial charge >= 0.3 is 0 Å². The number of carbonyl (C=O) groups is 2. The summed E-state index contributed by atoms with van der Waals surface area (Å²) in [6, 6.07) is 14.8. The number of imide groups is 1. The molecule has 0 saturated carbocycles. The summed E-state index contributed by atoms with van der Waals surface area (Å²) in [7, 11) is 2.14. The second-order valence-electron chi connectivity index (χ2n) is 8.29. The number of benzene rings is 2. The third-order valence-corrected chi connectivity index (χ3v) is 6.02. The zero-order valence-corrected chi connectivity index (χ0v) is 18.8. The fraction of sp³-hybridized carbons (Fsp3) is 0.333. The Hall–Kier alpha value is -2.83. The van der Waals surface area contributed by atoms with Crippen molar-refractivity contribution < 1.29 is 9.59 Å². The highest BCUT2D eigenvalue weighted by molar-refractivity contribution is 6.37. The number of likely N-dealkylation sites (N-methyl/N-ethyl adjacent to an activating group) is 1. The van der Waals surface area contributed by atoms with Crippen molar-refractivity contribution >= 4 is 40.4 Å². The molecule has 6 nitrogen and oxygen atoms in total. The maximum absolute atomic E-state index is 13.1. The highest BCUT2D eigenvalue weighted by Gasteiger charge is 2.40. The molecule has 2 aromatic carbocycles. The first-order valence-electron chi connectivity index (χ1n) is 10.5. The Kier molecular flexibility index (Phi) is 6.03. The third kappa shape index (κ3) is 4.31. The zero-order chi connectivity index (χ0) is 22.1. The van der Waals surface area contributed by atoms with E-state index in [2.05, 4.69) is 34.3 Å². The number of nitrogens with zero attached hydrogens (tertiary/aromatic N) is 3. The van der Waals surface area contributed by atoms with E-state index in [1.165, 1.54) is 4.90 Å². The van der Waals surface area contributed by atoms with Crippen molar-refractivity contribution in [2.45, 2.75) is 19.9 Å². The van der Waals surface area contributed by atoms with E-state index in [-0.39, 0.29) is 17.9 Å². The number of nitrogens with one attached hydrogen (secondary N) is 1. The summed E-state index contributed by atoms with van der Waals surface area (Å²) >= 11 is 6.01. The van der Waals surface area contributed by atoms with Crippen LogP contribution in [0.15, 0.2) is 54.2 Å². The van der Waals surface area contributed by atoms with Gasteiger partial charge in [0.1, 0.15) is 5.70 Å². The number of hydrogen-bond donors (Lipinski definition) is 1. The van der Waals surface area contributed by atoms with Crippen LogP contribution in [0, 0.1) is 0 Å². The second-order valence-corrected chi connectivity index (χ2v) is 8.73. The summed E-state index contributed by atoms with van der Waals surface area (Å²) in [6.45, 7) is 7.74. The Bertz CT molecular complexity index is 1010. The molecule has 1 N–H and O–H groups in total. The lowest BCUT2D eigenvalue weighted by Crippen LogP contribution is -2.44. The van der Waals surface area contributed by atoms with E-state index >= 15 is 0 Å². The van der Waals surface area contributed by atoms with Crippen LogP contribution in [0.5, 0.6) is 0 Å². The summed E-state index contributed by atoms with van der Waals surface area (Å²) in [5.41, 5.74) is 3.27. The largest absolute Gasteiger partial charge is 0.369 e. The molecule has 4 rings (SSSR count). The van der Waals surface area contributed by atoms with Gasteiger partial charge in [0.05, 0.1) is 5.57 Å². The molecule has 2 amide bonds. The Morgan fingerprint density at radius 2 is 1.48 bits per heavy atom. The standard InChI is InChI=1S/C24H27ClN4O2/c1-16(2)29-23(30)21(17-4-6-18(25)7-5-17)22(24(29)31)26-19-8-10-20(11-9-19)28-14-12-27(3)13-15-28/h4-11,16,26H,12-15H2,1-3H3. The first-order chi connectivity index (χ1) is 14.8. The molecular weight excluding hydrogens is 412 g/mol. The fourth-order valence-corrected chi connectivity index (χ4v) is 4.11. The molecule has 2 aliphatic rings. The van der Waals surface area contributed by atoms with E-state index in [1.807, 2.05) is 26.0 Å². The van der Waals surface area contributed by atoms with Crippen LogP contribution >= 0.6 is 11.6 Å². The zero-order valence-electron chi connectivity index (χ0n) is 18.1. The highest BCUT2D eigenvalue weighted by atomic mass is 35.5. The molecule has 0 bridgehead atoms. The summed E-state index contributed by atoms with van der Waals surface area (Å²) in [4.78, 5) is 32.2. The summed E-state index contributed by atoms with van der Waals surface area (Å²) in [5.74, 6) is -0.605. The van der Waals surface area contributed by atoms with E-state index in [0.29, 0.717) is 21.9 Å². The molecular formula is C24H27ClN4O2. The molecule has 31 heavy (non-hydrogen) atoms. The molecule has 0 aromatic heterocycles. The van der Waals surface area contributed by atoms with Gasteiger partial charge < -0.3 is 15.1 Å². The number of carbonyl (C=O) groups excluding carboxylic acids is 2. The number of amides is 2. The van der Waals surface area contributed by atoms with Crippen molar-refractivity contribution in [3.05, 3.63) is 64.8 Å². The van der Waals surface area contributed by atoms with Gasteiger partial charge in [-0.2, -0.15) is 0 Å².